The Morgan fingerprint density at radius 3 is 2.60 bits per heavy atom. The van der Waals surface area contributed by atoms with Crippen LogP contribution in [0.25, 0.3) is 0 Å². The molecule has 1 aromatic rings. The molecule has 1 fully saturated rings. The van der Waals surface area contributed by atoms with Gasteiger partial charge in [-0.2, -0.15) is 0 Å². The second-order valence-corrected chi connectivity index (χ2v) is 5.32. The first-order valence-electron chi connectivity index (χ1n) is 7.35. The van der Waals surface area contributed by atoms with Crippen molar-refractivity contribution in [1.29, 1.82) is 0 Å². The van der Waals surface area contributed by atoms with Crippen molar-refractivity contribution in [3.05, 3.63) is 35.6 Å². The van der Waals surface area contributed by atoms with Crippen LogP contribution in [0, 0.1) is 5.82 Å². The summed E-state index contributed by atoms with van der Waals surface area (Å²) in [6.07, 6.45) is 3.50. The Bertz CT molecular complexity index is 379. The number of ether oxygens (including phenoxy) is 2. The molecular formula is C16H24FNO2. The zero-order valence-corrected chi connectivity index (χ0v) is 12.1. The van der Waals surface area contributed by atoms with E-state index in [1.54, 1.807) is 7.11 Å². The molecule has 1 saturated carbocycles. The van der Waals surface area contributed by atoms with E-state index in [9.17, 15) is 4.39 Å². The number of nitrogens with one attached hydrogen (secondary N) is 1. The molecule has 112 valence electrons. The number of benzene rings is 1. The average Bonchev–Trinajstić information content (AvgIpc) is 3.27. The minimum absolute atomic E-state index is 0.181. The van der Waals surface area contributed by atoms with Crippen LogP contribution >= 0.6 is 0 Å². The van der Waals surface area contributed by atoms with Crippen molar-refractivity contribution in [3.8, 4) is 0 Å². The van der Waals surface area contributed by atoms with E-state index in [4.69, 9.17) is 9.47 Å². The molecule has 0 bridgehead atoms. The van der Waals surface area contributed by atoms with Gasteiger partial charge in [0.15, 0.2) is 0 Å². The van der Waals surface area contributed by atoms with Crippen molar-refractivity contribution in [3.63, 3.8) is 0 Å². The third-order valence-electron chi connectivity index (χ3n) is 3.61. The van der Waals surface area contributed by atoms with Crippen LogP contribution in [0.15, 0.2) is 24.3 Å². The van der Waals surface area contributed by atoms with Crippen LogP contribution in [0.2, 0.25) is 0 Å². The highest BCUT2D eigenvalue weighted by atomic mass is 19.1. The maximum absolute atomic E-state index is 13.0. The van der Waals surface area contributed by atoms with Gasteiger partial charge in [-0.15, -0.1) is 0 Å². The molecule has 1 unspecified atom stereocenters. The summed E-state index contributed by atoms with van der Waals surface area (Å²) in [6.45, 7) is 2.89. The fraction of sp³-hybridized carbons (Fsp3) is 0.625. The van der Waals surface area contributed by atoms with Gasteiger partial charge in [0.25, 0.3) is 0 Å². The van der Waals surface area contributed by atoms with E-state index < -0.39 is 0 Å². The molecule has 0 spiro atoms. The Labute approximate surface area is 120 Å². The van der Waals surface area contributed by atoms with Crippen LogP contribution in [0.4, 0.5) is 4.39 Å². The Morgan fingerprint density at radius 1 is 1.20 bits per heavy atom. The fourth-order valence-corrected chi connectivity index (χ4v) is 2.19. The summed E-state index contributed by atoms with van der Waals surface area (Å²) in [4.78, 5) is 0. The normalized spacial score (nSPS) is 16.3. The Balaban J connectivity index is 1.80. The van der Waals surface area contributed by atoms with E-state index in [1.165, 1.54) is 30.5 Å². The highest BCUT2D eigenvalue weighted by molar-refractivity contribution is 5.21. The minimum Gasteiger partial charge on any atom is -0.382 e. The molecule has 1 N–H and O–H groups in total. The van der Waals surface area contributed by atoms with Crippen molar-refractivity contribution in [1.82, 2.24) is 5.32 Å². The second kappa shape index (κ2) is 8.35. The SMILES string of the molecule is COCCOCCC(CNC1CC1)c1ccc(F)cc1. The molecule has 0 amide bonds. The molecule has 1 aromatic carbocycles. The van der Waals surface area contributed by atoms with E-state index in [1.807, 2.05) is 12.1 Å². The van der Waals surface area contributed by atoms with Crippen LogP contribution in [0.1, 0.15) is 30.7 Å². The number of rotatable bonds is 10. The van der Waals surface area contributed by atoms with Crippen LogP contribution < -0.4 is 5.32 Å². The summed E-state index contributed by atoms with van der Waals surface area (Å²) in [5.74, 6) is 0.192. The second-order valence-electron chi connectivity index (χ2n) is 5.32. The van der Waals surface area contributed by atoms with Gasteiger partial charge in [-0.25, -0.2) is 4.39 Å². The van der Waals surface area contributed by atoms with Gasteiger partial charge in [0, 0.05) is 26.3 Å². The monoisotopic (exact) mass is 281 g/mol. The van der Waals surface area contributed by atoms with Crippen LogP contribution in [-0.4, -0.2) is 39.5 Å². The molecule has 1 atom stereocenters. The number of halogens is 1. The molecule has 0 aromatic heterocycles. The first-order valence-corrected chi connectivity index (χ1v) is 7.35. The summed E-state index contributed by atoms with van der Waals surface area (Å²) in [5.41, 5.74) is 1.18. The molecule has 3 nitrogen and oxygen atoms in total. The molecule has 2 rings (SSSR count). The Morgan fingerprint density at radius 2 is 1.95 bits per heavy atom. The average molecular weight is 281 g/mol. The highest BCUT2D eigenvalue weighted by Crippen LogP contribution is 2.23. The van der Waals surface area contributed by atoms with E-state index in [-0.39, 0.29) is 5.82 Å². The van der Waals surface area contributed by atoms with E-state index >= 15 is 0 Å². The maximum Gasteiger partial charge on any atom is 0.123 e. The smallest absolute Gasteiger partial charge is 0.123 e. The third-order valence-corrected chi connectivity index (χ3v) is 3.61. The first kappa shape index (κ1) is 15.4. The van der Waals surface area contributed by atoms with Crippen LogP contribution in [-0.2, 0) is 9.47 Å². The van der Waals surface area contributed by atoms with Gasteiger partial charge in [-0.05, 0) is 42.9 Å². The number of methoxy groups -OCH3 is 1. The summed E-state index contributed by atoms with van der Waals surface area (Å²) in [6, 6.07) is 7.51. The third kappa shape index (κ3) is 5.57. The van der Waals surface area contributed by atoms with Crippen molar-refractivity contribution in [2.24, 2.45) is 0 Å². The van der Waals surface area contributed by atoms with E-state index in [0.29, 0.717) is 31.8 Å². The highest BCUT2D eigenvalue weighted by Gasteiger charge is 2.22. The van der Waals surface area contributed by atoms with Gasteiger partial charge < -0.3 is 14.8 Å². The lowest BCUT2D eigenvalue weighted by Gasteiger charge is -2.18. The van der Waals surface area contributed by atoms with Crippen molar-refractivity contribution >= 4 is 0 Å². The van der Waals surface area contributed by atoms with E-state index in [0.717, 1.165) is 13.0 Å². The van der Waals surface area contributed by atoms with Crippen molar-refractivity contribution in [2.45, 2.75) is 31.2 Å². The summed E-state index contributed by atoms with van der Waals surface area (Å²) < 4.78 is 23.5. The zero-order chi connectivity index (χ0) is 14.2. The molecule has 0 radical (unpaired) electrons. The van der Waals surface area contributed by atoms with Crippen molar-refractivity contribution in [2.75, 3.05) is 33.5 Å². The van der Waals surface area contributed by atoms with Gasteiger partial charge in [-0.1, -0.05) is 12.1 Å². The molecule has 1 aliphatic carbocycles. The Kier molecular flexibility index (Phi) is 6.43. The topological polar surface area (TPSA) is 30.5 Å². The van der Waals surface area contributed by atoms with Crippen LogP contribution in [0.5, 0.6) is 0 Å². The standard InChI is InChI=1S/C16H24FNO2/c1-19-10-11-20-9-8-14(12-18-16-6-7-16)13-2-4-15(17)5-3-13/h2-5,14,16,18H,6-12H2,1H3. The molecule has 4 heteroatoms. The fourth-order valence-electron chi connectivity index (χ4n) is 2.19. The lowest BCUT2D eigenvalue weighted by Crippen LogP contribution is -2.24. The lowest BCUT2D eigenvalue weighted by atomic mass is 9.96. The molecular weight excluding hydrogens is 257 g/mol. The molecule has 0 heterocycles. The predicted octanol–water partition coefficient (Wildman–Crippen LogP) is 2.71. The molecule has 1 aliphatic rings. The lowest BCUT2D eigenvalue weighted by molar-refractivity contribution is 0.0669. The predicted molar refractivity (Wildman–Crippen MR) is 77.5 cm³/mol. The summed E-state index contributed by atoms with van der Waals surface area (Å²) >= 11 is 0. The van der Waals surface area contributed by atoms with Gasteiger partial charge in [0.1, 0.15) is 5.82 Å². The van der Waals surface area contributed by atoms with Gasteiger partial charge in [0.2, 0.25) is 0 Å². The van der Waals surface area contributed by atoms with Gasteiger partial charge in [-0.3, -0.25) is 0 Å². The Hall–Kier alpha value is -0.970. The first-order chi connectivity index (χ1) is 9.79. The maximum atomic E-state index is 13.0. The number of hydrogen-bond acceptors (Lipinski definition) is 3. The largest absolute Gasteiger partial charge is 0.382 e. The van der Waals surface area contributed by atoms with Crippen molar-refractivity contribution < 1.29 is 13.9 Å². The van der Waals surface area contributed by atoms with Gasteiger partial charge >= 0.3 is 0 Å². The number of hydrogen-bond donors (Lipinski definition) is 1. The van der Waals surface area contributed by atoms with E-state index in [2.05, 4.69) is 5.32 Å². The molecule has 20 heavy (non-hydrogen) atoms. The quantitative estimate of drug-likeness (QED) is 0.669. The molecule has 0 saturated heterocycles. The summed E-state index contributed by atoms with van der Waals surface area (Å²) in [7, 11) is 1.67. The minimum atomic E-state index is -0.181. The molecule has 0 aliphatic heterocycles. The summed E-state index contributed by atoms with van der Waals surface area (Å²) in [5, 5.41) is 3.55. The van der Waals surface area contributed by atoms with Gasteiger partial charge in [0.05, 0.1) is 13.2 Å². The zero-order valence-electron chi connectivity index (χ0n) is 12.1. The van der Waals surface area contributed by atoms with Crippen LogP contribution in [0.3, 0.4) is 0 Å².